The Kier molecular flexibility index (Phi) is 5.79. The number of aromatic nitrogens is 2. The lowest BCUT2D eigenvalue weighted by molar-refractivity contribution is 0.415. The van der Waals surface area contributed by atoms with Crippen molar-refractivity contribution in [2.75, 3.05) is 12.5 Å². The van der Waals surface area contributed by atoms with E-state index in [-0.39, 0.29) is 17.0 Å². The van der Waals surface area contributed by atoms with Gasteiger partial charge in [0, 0.05) is 16.5 Å². The summed E-state index contributed by atoms with van der Waals surface area (Å²) in [5.74, 6) is 0.846. The largest absolute Gasteiger partial charge is 0.497 e. The van der Waals surface area contributed by atoms with Gasteiger partial charge in [-0.3, -0.25) is 5.43 Å². The van der Waals surface area contributed by atoms with E-state index in [2.05, 4.69) is 58.0 Å². The zero-order chi connectivity index (χ0) is 17.4. The van der Waals surface area contributed by atoms with Crippen LogP contribution in [0.3, 0.4) is 0 Å². The Morgan fingerprint density at radius 2 is 1.88 bits per heavy atom. The minimum absolute atomic E-state index is 0. The Labute approximate surface area is 175 Å². The van der Waals surface area contributed by atoms with E-state index in [4.69, 9.17) is 9.72 Å². The number of thioether (sulfide) groups is 1. The van der Waals surface area contributed by atoms with Gasteiger partial charge < -0.3 is 4.74 Å². The van der Waals surface area contributed by atoms with Gasteiger partial charge in [0.25, 0.3) is 0 Å². The quantitative estimate of drug-likeness (QED) is 0.495. The maximum absolute atomic E-state index is 5.23. The van der Waals surface area contributed by atoms with Crippen molar-refractivity contribution in [2.45, 2.75) is 12.1 Å². The number of fused-ring (bicyclic) bond motifs is 1. The van der Waals surface area contributed by atoms with Gasteiger partial charge in [-0.1, -0.05) is 35.5 Å². The number of hydrogen-bond acceptors (Lipinski definition) is 4. The molecule has 1 aliphatic rings. The van der Waals surface area contributed by atoms with Crippen LogP contribution in [-0.2, 0) is 0 Å². The van der Waals surface area contributed by atoms with Crippen LogP contribution in [0.2, 0.25) is 0 Å². The highest BCUT2D eigenvalue weighted by molar-refractivity contribution is 9.10. The number of nitrogens with one attached hydrogen (secondary N) is 1. The number of aryl methyl sites for hydroxylation is 1. The first-order valence-corrected chi connectivity index (χ1v) is 9.46. The minimum atomic E-state index is 0. The first kappa shape index (κ1) is 19.1. The van der Waals surface area contributed by atoms with E-state index in [0.717, 1.165) is 38.0 Å². The van der Waals surface area contributed by atoms with E-state index in [0.29, 0.717) is 0 Å². The highest BCUT2D eigenvalue weighted by atomic mass is 79.9. The van der Waals surface area contributed by atoms with Crippen molar-refractivity contribution in [1.29, 1.82) is 0 Å². The molecule has 2 heterocycles. The highest BCUT2D eigenvalue weighted by Crippen LogP contribution is 2.37. The van der Waals surface area contributed by atoms with E-state index in [1.54, 1.807) is 18.9 Å². The van der Waals surface area contributed by atoms with Crippen LogP contribution in [0.15, 0.2) is 63.7 Å². The van der Waals surface area contributed by atoms with Gasteiger partial charge >= 0.3 is 0 Å². The molecule has 1 aromatic heterocycles. The summed E-state index contributed by atoms with van der Waals surface area (Å²) in [6, 6.07) is 16.3. The van der Waals surface area contributed by atoms with Gasteiger partial charge in [0.15, 0.2) is 5.16 Å². The summed E-state index contributed by atoms with van der Waals surface area (Å²) in [5, 5.41) is 2.98. The smallest absolute Gasteiger partial charge is 0.193 e. The van der Waals surface area contributed by atoms with Crippen LogP contribution < -0.4 is 10.2 Å². The predicted octanol–water partition coefficient (Wildman–Crippen LogP) is 5.86. The van der Waals surface area contributed by atoms with Gasteiger partial charge in [0.05, 0.1) is 12.8 Å². The summed E-state index contributed by atoms with van der Waals surface area (Å²) in [6.07, 6.45) is 0. The fraction of sp³-hybridized carbons (Fsp3) is 0.105. The molecule has 0 saturated heterocycles. The van der Waals surface area contributed by atoms with Crippen LogP contribution >= 0.6 is 44.7 Å². The zero-order valence-electron chi connectivity index (χ0n) is 14.2. The molecule has 134 valence electrons. The first-order valence-electron chi connectivity index (χ1n) is 7.79. The van der Waals surface area contributed by atoms with Crippen molar-refractivity contribution in [3.8, 4) is 17.0 Å². The molecule has 0 radical (unpaired) electrons. The lowest BCUT2D eigenvalue weighted by Gasteiger charge is -2.19. The van der Waals surface area contributed by atoms with Crippen LogP contribution in [-0.4, -0.2) is 16.8 Å². The topological polar surface area (TPSA) is 39.1 Å². The van der Waals surface area contributed by atoms with Crippen LogP contribution in [0.5, 0.6) is 5.75 Å². The van der Waals surface area contributed by atoms with Gasteiger partial charge in [-0.25, -0.2) is 9.66 Å². The van der Waals surface area contributed by atoms with E-state index in [1.165, 1.54) is 5.56 Å². The van der Waals surface area contributed by atoms with Gasteiger partial charge in [-0.15, -0.1) is 17.0 Å². The molecule has 4 rings (SSSR count). The predicted molar refractivity (Wildman–Crippen MR) is 117 cm³/mol. The molecule has 3 aromatic rings. The second-order valence-corrected chi connectivity index (χ2v) is 7.32. The average molecular weight is 495 g/mol. The first-order chi connectivity index (χ1) is 12.2. The Morgan fingerprint density at radius 3 is 2.58 bits per heavy atom. The molecule has 0 bridgehead atoms. The third-order valence-electron chi connectivity index (χ3n) is 4.00. The average Bonchev–Trinajstić information content (AvgIpc) is 2.98. The second-order valence-electron chi connectivity index (χ2n) is 5.73. The Bertz CT molecular complexity index is 967. The third-order valence-corrected chi connectivity index (χ3v) is 5.57. The fourth-order valence-corrected chi connectivity index (χ4v) is 4.19. The lowest BCUT2D eigenvalue weighted by atomic mass is 10.1. The van der Waals surface area contributed by atoms with E-state index < -0.39 is 0 Å². The van der Waals surface area contributed by atoms with Crippen molar-refractivity contribution < 1.29 is 4.74 Å². The summed E-state index contributed by atoms with van der Waals surface area (Å²) in [4.78, 5) is 4.77. The van der Waals surface area contributed by atoms with E-state index in [1.807, 2.05) is 28.9 Å². The summed E-state index contributed by atoms with van der Waals surface area (Å²) >= 11 is 5.30. The van der Waals surface area contributed by atoms with E-state index >= 15 is 0 Å². The lowest BCUT2D eigenvalue weighted by Crippen LogP contribution is -2.17. The number of halogens is 2. The normalized spacial score (nSPS) is 12.5. The minimum Gasteiger partial charge on any atom is -0.497 e. The second kappa shape index (κ2) is 7.90. The molecule has 0 spiro atoms. The number of ether oxygens (including phenoxy) is 1. The maximum Gasteiger partial charge on any atom is 0.193 e. The molecule has 0 saturated carbocycles. The van der Waals surface area contributed by atoms with Gasteiger partial charge in [-0.05, 0) is 53.2 Å². The maximum atomic E-state index is 5.23. The van der Waals surface area contributed by atoms with E-state index in [9.17, 15) is 0 Å². The molecule has 0 unspecified atom stereocenters. The zero-order valence-corrected chi connectivity index (χ0v) is 18.3. The molecular weight excluding hydrogens is 478 g/mol. The number of benzene rings is 2. The number of methoxy groups -OCH3 is 1. The molecule has 0 aliphatic carbocycles. The van der Waals surface area contributed by atoms with Crippen LogP contribution in [0.4, 0.5) is 0 Å². The summed E-state index contributed by atoms with van der Waals surface area (Å²) in [7, 11) is 1.67. The molecule has 0 amide bonds. The molecule has 2 aromatic carbocycles. The molecule has 1 N–H and O–H groups in total. The van der Waals surface area contributed by atoms with Crippen LogP contribution in [0.1, 0.15) is 11.1 Å². The number of imidazole rings is 1. The molecule has 4 nitrogen and oxygen atoms in total. The van der Waals surface area contributed by atoms with Gasteiger partial charge in [0.1, 0.15) is 16.0 Å². The van der Waals surface area contributed by atoms with Crippen molar-refractivity contribution in [2.24, 2.45) is 0 Å². The van der Waals surface area contributed by atoms with Crippen LogP contribution in [0.25, 0.3) is 17.0 Å². The Hall–Kier alpha value is -1.70. The summed E-state index contributed by atoms with van der Waals surface area (Å²) in [5.41, 5.74) is 8.80. The van der Waals surface area contributed by atoms with Crippen molar-refractivity contribution in [1.82, 2.24) is 9.66 Å². The molecule has 7 heteroatoms. The Balaban J connectivity index is 0.00000196. The van der Waals surface area contributed by atoms with Crippen molar-refractivity contribution in [3.63, 3.8) is 0 Å². The Morgan fingerprint density at radius 1 is 1.12 bits per heavy atom. The molecule has 0 atom stereocenters. The summed E-state index contributed by atoms with van der Waals surface area (Å²) in [6.45, 7) is 2.09. The number of nitrogens with zero attached hydrogens (tertiary/aromatic N) is 2. The number of rotatable bonds is 3. The fourth-order valence-electron chi connectivity index (χ4n) is 2.70. The summed E-state index contributed by atoms with van der Waals surface area (Å²) < 4.78 is 8.12. The van der Waals surface area contributed by atoms with Crippen molar-refractivity contribution >= 4 is 50.4 Å². The van der Waals surface area contributed by atoms with Crippen molar-refractivity contribution in [3.05, 3.63) is 69.7 Å². The molecular formula is C19H17Br2N3OS. The standard InChI is InChI=1S/C19H16BrN3OS.BrH/c1-12-4-3-5-14(10-12)17-18(20)23-19(21-17)25-11-16(22-23)13-6-8-15(24-2)9-7-13;/h3-11,22H,1-2H3;1H. The SMILES string of the molecule is Br.COc1ccc(C2=CSc3nc(-c4cccc(C)c4)c(Br)n3N2)cc1. The highest BCUT2D eigenvalue weighted by Gasteiger charge is 2.21. The molecule has 0 fully saturated rings. The third kappa shape index (κ3) is 3.56. The van der Waals surface area contributed by atoms with Gasteiger partial charge in [-0.2, -0.15) is 0 Å². The monoisotopic (exact) mass is 493 g/mol. The van der Waals surface area contributed by atoms with Gasteiger partial charge in [0.2, 0.25) is 0 Å². The molecule has 1 aliphatic heterocycles. The van der Waals surface area contributed by atoms with Crippen LogP contribution in [0, 0.1) is 6.92 Å². The molecule has 26 heavy (non-hydrogen) atoms. The number of hydrogen-bond donors (Lipinski definition) is 1.